The van der Waals surface area contributed by atoms with Crippen molar-refractivity contribution in [1.82, 2.24) is 5.32 Å². The van der Waals surface area contributed by atoms with Gasteiger partial charge in [0.1, 0.15) is 0 Å². The van der Waals surface area contributed by atoms with Crippen molar-refractivity contribution in [3.05, 3.63) is 33.8 Å². The van der Waals surface area contributed by atoms with Crippen LogP contribution < -0.4 is 5.32 Å². The van der Waals surface area contributed by atoms with Gasteiger partial charge in [0.2, 0.25) is 0 Å². The van der Waals surface area contributed by atoms with E-state index in [0.717, 1.165) is 6.07 Å². The average Bonchev–Trinajstić information content (AvgIpc) is 2.24. The lowest BCUT2D eigenvalue weighted by atomic mass is 10.1. The molecular formula is C11H10Br2F3NO. The monoisotopic (exact) mass is 387 g/mol. The van der Waals surface area contributed by atoms with E-state index < -0.39 is 17.6 Å². The van der Waals surface area contributed by atoms with Crippen molar-refractivity contribution < 1.29 is 18.0 Å². The summed E-state index contributed by atoms with van der Waals surface area (Å²) in [5.41, 5.74) is -0.874. The van der Waals surface area contributed by atoms with Crippen LogP contribution in [-0.4, -0.2) is 17.3 Å². The second kappa shape index (κ2) is 6.06. The summed E-state index contributed by atoms with van der Waals surface area (Å²) in [7, 11) is 0. The Balaban J connectivity index is 2.95. The highest BCUT2D eigenvalue weighted by atomic mass is 79.9. The first-order valence-corrected chi connectivity index (χ1v) is 6.71. The van der Waals surface area contributed by atoms with Gasteiger partial charge in [-0.1, -0.05) is 38.8 Å². The molecule has 18 heavy (non-hydrogen) atoms. The van der Waals surface area contributed by atoms with E-state index in [0.29, 0.717) is 6.54 Å². The van der Waals surface area contributed by atoms with E-state index in [4.69, 9.17) is 0 Å². The molecule has 2 nitrogen and oxygen atoms in total. The summed E-state index contributed by atoms with van der Waals surface area (Å²) < 4.78 is 37.8. The van der Waals surface area contributed by atoms with Crippen LogP contribution in [0.1, 0.15) is 22.8 Å². The minimum absolute atomic E-state index is 0.0151. The zero-order chi connectivity index (χ0) is 13.9. The number of nitrogens with one attached hydrogen (secondary N) is 1. The smallest absolute Gasteiger partial charge is 0.351 e. The molecule has 1 aromatic rings. The molecule has 0 bridgehead atoms. The fraction of sp³-hybridized carbons (Fsp3) is 0.364. The summed E-state index contributed by atoms with van der Waals surface area (Å²) >= 11 is 6.05. The number of benzene rings is 1. The molecule has 1 rings (SSSR count). The molecule has 0 radical (unpaired) electrons. The molecule has 1 N–H and O–H groups in total. The minimum Gasteiger partial charge on any atom is -0.351 e. The van der Waals surface area contributed by atoms with Gasteiger partial charge in [-0.2, -0.15) is 13.2 Å². The SMILES string of the molecule is CC(Br)CNC(=O)c1ccc(Br)c(C(F)(F)F)c1. The lowest BCUT2D eigenvalue weighted by Crippen LogP contribution is -2.28. The molecule has 0 fully saturated rings. The Bertz CT molecular complexity index is 446. The Morgan fingerprint density at radius 1 is 1.44 bits per heavy atom. The largest absolute Gasteiger partial charge is 0.417 e. The van der Waals surface area contributed by atoms with E-state index in [2.05, 4.69) is 37.2 Å². The van der Waals surface area contributed by atoms with Crippen molar-refractivity contribution in [1.29, 1.82) is 0 Å². The molecule has 0 heterocycles. The van der Waals surface area contributed by atoms with E-state index >= 15 is 0 Å². The molecule has 100 valence electrons. The molecule has 1 atom stereocenters. The predicted octanol–water partition coefficient (Wildman–Crippen LogP) is 3.98. The summed E-state index contributed by atoms with van der Waals surface area (Å²) in [6, 6.07) is 3.39. The summed E-state index contributed by atoms with van der Waals surface area (Å²) in [6.45, 7) is 2.17. The van der Waals surface area contributed by atoms with Crippen LogP contribution in [0.15, 0.2) is 22.7 Å². The lowest BCUT2D eigenvalue weighted by molar-refractivity contribution is -0.138. The number of halogens is 5. The fourth-order valence-corrected chi connectivity index (χ4v) is 1.85. The molecule has 1 amide bonds. The standard InChI is InChI=1S/C11H10Br2F3NO/c1-6(12)5-17-10(18)7-2-3-9(13)8(4-7)11(14,15)16/h2-4,6H,5H2,1H3,(H,17,18). The summed E-state index contributed by atoms with van der Waals surface area (Å²) in [4.78, 5) is 11.7. The molecule has 0 aliphatic carbocycles. The van der Waals surface area contributed by atoms with Gasteiger partial charge in [-0.25, -0.2) is 0 Å². The Labute approximate surface area is 119 Å². The molecule has 0 aromatic heterocycles. The Morgan fingerprint density at radius 2 is 2.06 bits per heavy atom. The first-order chi connectivity index (χ1) is 8.21. The van der Waals surface area contributed by atoms with E-state index in [1.807, 2.05) is 6.92 Å². The first kappa shape index (κ1) is 15.5. The molecule has 0 aliphatic rings. The Kier molecular flexibility index (Phi) is 5.21. The quantitative estimate of drug-likeness (QED) is 0.779. The van der Waals surface area contributed by atoms with Crippen molar-refractivity contribution in [2.24, 2.45) is 0 Å². The van der Waals surface area contributed by atoms with Crippen LogP contribution in [0.5, 0.6) is 0 Å². The number of rotatable bonds is 3. The lowest BCUT2D eigenvalue weighted by Gasteiger charge is -2.11. The van der Waals surface area contributed by atoms with Gasteiger partial charge in [0.05, 0.1) is 5.56 Å². The molecule has 1 unspecified atom stereocenters. The molecule has 0 saturated heterocycles. The van der Waals surface area contributed by atoms with Gasteiger partial charge in [-0.05, 0) is 18.2 Å². The van der Waals surface area contributed by atoms with E-state index in [-0.39, 0.29) is 14.9 Å². The predicted molar refractivity (Wildman–Crippen MR) is 69.9 cm³/mol. The maximum Gasteiger partial charge on any atom is 0.417 e. The average molecular weight is 389 g/mol. The van der Waals surface area contributed by atoms with Gasteiger partial charge in [-0.3, -0.25) is 4.79 Å². The van der Waals surface area contributed by atoms with Crippen LogP contribution >= 0.6 is 31.9 Å². The Morgan fingerprint density at radius 3 is 2.56 bits per heavy atom. The molecule has 0 aliphatic heterocycles. The van der Waals surface area contributed by atoms with Crippen LogP contribution in [0.3, 0.4) is 0 Å². The van der Waals surface area contributed by atoms with Crippen molar-refractivity contribution in [2.45, 2.75) is 17.9 Å². The number of carbonyl (C=O) groups excluding carboxylic acids is 1. The number of hydrogen-bond donors (Lipinski definition) is 1. The minimum atomic E-state index is -4.49. The zero-order valence-electron chi connectivity index (χ0n) is 9.31. The molecular weight excluding hydrogens is 379 g/mol. The molecule has 7 heteroatoms. The van der Waals surface area contributed by atoms with Crippen LogP contribution in [0.2, 0.25) is 0 Å². The molecule has 0 saturated carbocycles. The second-order valence-electron chi connectivity index (χ2n) is 3.68. The van der Waals surface area contributed by atoms with Crippen molar-refractivity contribution in [3.8, 4) is 0 Å². The van der Waals surface area contributed by atoms with Crippen LogP contribution in [0, 0.1) is 0 Å². The summed E-state index contributed by atoms with van der Waals surface area (Å²) in [6.07, 6.45) is -4.49. The van der Waals surface area contributed by atoms with Crippen LogP contribution in [-0.2, 0) is 6.18 Å². The van der Waals surface area contributed by atoms with Crippen molar-refractivity contribution in [2.75, 3.05) is 6.54 Å². The van der Waals surface area contributed by atoms with Gasteiger partial charge >= 0.3 is 6.18 Å². The van der Waals surface area contributed by atoms with Gasteiger partial charge in [0.15, 0.2) is 0 Å². The molecule has 0 spiro atoms. The van der Waals surface area contributed by atoms with Gasteiger partial charge in [-0.15, -0.1) is 0 Å². The first-order valence-electron chi connectivity index (χ1n) is 5.01. The van der Waals surface area contributed by atoms with E-state index in [1.165, 1.54) is 12.1 Å². The topological polar surface area (TPSA) is 29.1 Å². The van der Waals surface area contributed by atoms with Gasteiger partial charge in [0.25, 0.3) is 5.91 Å². The Hall–Kier alpha value is -0.560. The third-order valence-electron chi connectivity index (χ3n) is 2.08. The highest BCUT2D eigenvalue weighted by Crippen LogP contribution is 2.35. The maximum absolute atomic E-state index is 12.6. The normalized spacial score (nSPS) is 13.2. The number of carbonyl (C=O) groups is 1. The number of alkyl halides is 4. The van der Waals surface area contributed by atoms with E-state index in [1.54, 1.807) is 0 Å². The van der Waals surface area contributed by atoms with Crippen molar-refractivity contribution >= 4 is 37.8 Å². The van der Waals surface area contributed by atoms with Gasteiger partial charge in [0, 0.05) is 21.4 Å². The highest BCUT2D eigenvalue weighted by Gasteiger charge is 2.33. The molecule has 1 aromatic carbocycles. The highest BCUT2D eigenvalue weighted by molar-refractivity contribution is 9.10. The third-order valence-corrected chi connectivity index (χ3v) is 3.09. The zero-order valence-corrected chi connectivity index (χ0v) is 12.5. The maximum atomic E-state index is 12.6. The summed E-state index contributed by atoms with van der Waals surface area (Å²) in [5.74, 6) is -0.528. The second-order valence-corrected chi connectivity index (χ2v) is 6.10. The van der Waals surface area contributed by atoms with Crippen LogP contribution in [0.4, 0.5) is 13.2 Å². The van der Waals surface area contributed by atoms with Gasteiger partial charge < -0.3 is 5.32 Å². The number of hydrogen-bond acceptors (Lipinski definition) is 1. The fourth-order valence-electron chi connectivity index (χ4n) is 1.22. The van der Waals surface area contributed by atoms with Crippen LogP contribution in [0.25, 0.3) is 0 Å². The number of amides is 1. The summed E-state index contributed by atoms with van der Waals surface area (Å²) in [5, 5.41) is 2.53. The van der Waals surface area contributed by atoms with Crippen molar-refractivity contribution in [3.63, 3.8) is 0 Å². The third kappa shape index (κ3) is 4.28. The van der Waals surface area contributed by atoms with E-state index in [9.17, 15) is 18.0 Å².